The van der Waals surface area contributed by atoms with E-state index in [1.165, 1.54) is 0 Å². The largest absolute Gasteiger partial charge is 0.399 e. The number of aryl methyl sites for hydroxylation is 1. The number of para-hydroxylation sites is 1. The van der Waals surface area contributed by atoms with Crippen LogP contribution in [0.25, 0.3) is 0 Å². The van der Waals surface area contributed by atoms with Gasteiger partial charge in [-0.15, -0.1) is 0 Å². The number of anilines is 1. The van der Waals surface area contributed by atoms with Gasteiger partial charge in [0.2, 0.25) is 0 Å². The van der Waals surface area contributed by atoms with Gasteiger partial charge in [0, 0.05) is 11.3 Å². The number of hydrogen-bond acceptors (Lipinski definition) is 2. The number of nitrogen functional groups attached to an aromatic ring is 1. The van der Waals surface area contributed by atoms with Crippen LogP contribution >= 0.6 is 0 Å². The molecule has 0 bridgehead atoms. The Balaban J connectivity index is 0.000000171. The zero-order valence-corrected chi connectivity index (χ0v) is 10.2. The number of hydrogen-bond donors (Lipinski definition) is 1. The third kappa shape index (κ3) is 4.51. The van der Waals surface area contributed by atoms with Gasteiger partial charge in [-0.05, 0) is 25.5 Å². The standard InChI is InChI=1S/C8H8O.C7H9N/c1-7(9)8-5-3-2-4-6-8;1-6-4-2-3-5-7(6)8/h2-6H,1H3;2-5H,8H2,1H3. The van der Waals surface area contributed by atoms with Crippen LogP contribution in [0.15, 0.2) is 54.6 Å². The quantitative estimate of drug-likeness (QED) is 0.598. The Bertz CT molecular complexity index is 456. The van der Waals surface area contributed by atoms with Crippen molar-refractivity contribution in [2.75, 3.05) is 5.73 Å². The second-order valence-corrected chi connectivity index (χ2v) is 3.78. The molecule has 2 N–H and O–H groups in total. The van der Waals surface area contributed by atoms with E-state index in [4.69, 9.17) is 5.73 Å². The van der Waals surface area contributed by atoms with Crippen LogP contribution in [0, 0.1) is 6.92 Å². The Kier molecular flexibility index (Phi) is 4.95. The van der Waals surface area contributed by atoms with E-state index in [1.54, 1.807) is 6.92 Å². The third-order valence-electron chi connectivity index (χ3n) is 2.37. The van der Waals surface area contributed by atoms with Gasteiger partial charge in [0.25, 0.3) is 0 Å². The van der Waals surface area contributed by atoms with Crippen molar-refractivity contribution in [1.29, 1.82) is 0 Å². The van der Waals surface area contributed by atoms with Gasteiger partial charge in [-0.25, -0.2) is 0 Å². The molecule has 0 atom stereocenters. The molecule has 0 aliphatic rings. The predicted octanol–water partition coefficient (Wildman–Crippen LogP) is 3.47. The van der Waals surface area contributed by atoms with Gasteiger partial charge in [0.1, 0.15) is 0 Å². The van der Waals surface area contributed by atoms with Crippen LogP contribution in [0.3, 0.4) is 0 Å². The molecule has 0 amide bonds. The summed E-state index contributed by atoms with van der Waals surface area (Å²) in [5.74, 6) is 0.121. The summed E-state index contributed by atoms with van der Waals surface area (Å²) < 4.78 is 0. The van der Waals surface area contributed by atoms with Crippen LogP contribution in [-0.2, 0) is 0 Å². The van der Waals surface area contributed by atoms with E-state index in [0.717, 1.165) is 16.8 Å². The average molecular weight is 227 g/mol. The molecule has 0 aliphatic heterocycles. The van der Waals surface area contributed by atoms with E-state index in [9.17, 15) is 4.79 Å². The first-order valence-corrected chi connectivity index (χ1v) is 5.48. The molecule has 0 aliphatic carbocycles. The second kappa shape index (κ2) is 6.48. The maximum atomic E-state index is 10.6. The zero-order valence-electron chi connectivity index (χ0n) is 10.2. The molecule has 88 valence electrons. The highest BCUT2D eigenvalue weighted by atomic mass is 16.1. The highest BCUT2D eigenvalue weighted by Crippen LogP contribution is 2.06. The molecular weight excluding hydrogens is 210 g/mol. The lowest BCUT2D eigenvalue weighted by Crippen LogP contribution is -1.88. The Morgan fingerprint density at radius 1 is 0.941 bits per heavy atom. The number of benzene rings is 2. The Morgan fingerprint density at radius 2 is 1.47 bits per heavy atom. The first-order valence-electron chi connectivity index (χ1n) is 5.48. The van der Waals surface area contributed by atoms with Crippen molar-refractivity contribution in [3.63, 3.8) is 0 Å². The minimum atomic E-state index is 0.121. The van der Waals surface area contributed by atoms with Crippen molar-refractivity contribution in [3.8, 4) is 0 Å². The van der Waals surface area contributed by atoms with Crippen molar-refractivity contribution >= 4 is 11.5 Å². The SMILES string of the molecule is CC(=O)c1ccccc1.Cc1ccccc1N. The van der Waals surface area contributed by atoms with Gasteiger partial charge in [0.05, 0.1) is 0 Å². The Labute approximate surface area is 102 Å². The first-order chi connectivity index (χ1) is 8.11. The molecule has 0 radical (unpaired) electrons. The van der Waals surface area contributed by atoms with E-state index >= 15 is 0 Å². The minimum Gasteiger partial charge on any atom is -0.399 e. The molecule has 2 aromatic rings. The molecule has 0 saturated heterocycles. The summed E-state index contributed by atoms with van der Waals surface area (Å²) in [4.78, 5) is 10.6. The van der Waals surface area contributed by atoms with E-state index < -0.39 is 0 Å². The van der Waals surface area contributed by atoms with Gasteiger partial charge in [-0.1, -0.05) is 48.5 Å². The molecule has 2 aromatic carbocycles. The molecule has 0 spiro atoms. The van der Waals surface area contributed by atoms with Crippen molar-refractivity contribution in [2.24, 2.45) is 0 Å². The maximum Gasteiger partial charge on any atom is 0.159 e. The van der Waals surface area contributed by atoms with Gasteiger partial charge in [-0.3, -0.25) is 4.79 Å². The first kappa shape index (κ1) is 13.0. The molecular formula is C15H17NO. The van der Waals surface area contributed by atoms with Crippen molar-refractivity contribution in [3.05, 3.63) is 65.7 Å². The molecule has 0 unspecified atom stereocenters. The number of Topliss-reactive ketones (excluding diaryl/α,β-unsaturated/α-hetero) is 1. The number of carbonyl (C=O) groups excluding carboxylic acids is 1. The van der Waals surface area contributed by atoms with E-state index in [2.05, 4.69) is 0 Å². The van der Waals surface area contributed by atoms with E-state index in [1.807, 2.05) is 61.5 Å². The van der Waals surface area contributed by atoms with Gasteiger partial charge >= 0.3 is 0 Å². The van der Waals surface area contributed by atoms with Gasteiger partial charge in [0.15, 0.2) is 5.78 Å². The van der Waals surface area contributed by atoms with Crippen LogP contribution in [-0.4, -0.2) is 5.78 Å². The van der Waals surface area contributed by atoms with Crippen LogP contribution in [0.2, 0.25) is 0 Å². The van der Waals surface area contributed by atoms with Gasteiger partial charge in [-0.2, -0.15) is 0 Å². The predicted molar refractivity (Wildman–Crippen MR) is 72.0 cm³/mol. The van der Waals surface area contributed by atoms with Crippen LogP contribution < -0.4 is 5.73 Å². The summed E-state index contributed by atoms with van der Waals surface area (Å²) in [6, 6.07) is 17.0. The summed E-state index contributed by atoms with van der Waals surface area (Å²) in [5.41, 5.74) is 8.31. The molecule has 0 heterocycles. The average Bonchev–Trinajstić information content (AvgIpc) is 2.35. The minimum absolute atomic E-state index is 0.121. The number of ketones is 1. The molecule has 2 rings (SSSR count). The maximum absolute atomic E-state index is 10.6. The molecule has 17 heavy (non-hydrogen) atoms. The highest BCUT2D eigenvalue weighted by Gasteiger charge is 1.92. The monoisotopic (exact) mass is 227 g/mol. The summed E-state index contributed by atoms with van der Waals surface area (Å²) in [5, 5.41) is 0. The molecule has 0 aromatic heterocycles. The van der Waals surface area contributed by atoms with Crippen LogP contribution in [0.1, 0.15) is 22.8 Å². The second-order valence-electron chi connectivity index (χ2n) is 3.78. The summed E-state index contributed by atoms with van der Waals surface area (Å²) >= 11 is 0. The number of nitrogens with two attached hydrogens (primary N) is 1. The smallest absolute Gasteiger partial charge is 0.159 e. The fourth-order valence-electron chi connectivity index (χ4n) is 1.26. The lowest BCUT2D eigenvalue weighted by Gasteiger charge is -1.93. The number of rotatable bonds is 1. The lowest BCUT2D eigenvalue weighted by atomic mass is 10.2. The molecule has 0 fully saturated rings. The zero-order chi connectivity index (χ0) is 12.7. The third-order valence-corrected chi connectivity index (χ3v) is 2.37. The highest BCUT2D eigenvalue weighted by molar-refractivity contribution is 5.93. The molecule has 2 nitrogen and oxygen atoms in total. The topological polar surface area (TPSA) is 43.1 Å². The summed E-state index contributed by atoms with van der Waals surface area (Å²) in [7, 11) is 0. The van der Waals surface area contributed by atoms with Crippen LogP contribution in [0.5, 0.6) is 0 Å². The van der Waals surface area contributed by atoms with Crippen LogP contribution in [0.4, 0.5) is 5.69 Å². The summed E-state index contributed by atoms with van der Waals surface area (Å²) in [6.45, 7) is 3.56. The fourth-order valence-corrected chi connectivity index (χ4v) is 1.26. The number of carbonyl (C=O) groups is 1. The normalized spacial score (nSPS) is 9.06. The van der Waals surface area contributed by atoms with Crippen molar-refractivity contribution in [2.45, 2.75) is 13.8 Å². The molecule has 0 saturated carbocycles. The lowest BCUT2D eigenvalue weighted by molar-refractivity contribution is 0.101. The summed E-state index contributed by atoms with van der Waals surface area (Å²) in [6.07, 6.45) is 0. The molecule has 2 heteroatoms. The van der Waals surface area contributed by atoms with Crippen molar-refractivity contribution in [1.82, 2.24) is 0 Å². The van der Waals surface area contributed by atoms with E-state index in [-0.39, 0.29) is 5.78 Å². The Morgan fingerprint density at radius 3 is 1.82 bits per heavy atom. The van der Waals surface area contributed by atoms with Gasteiger partial charge < -0.3 is 5.73 Å². The van der Waals surface area contributed by atoms with Crippen molar-refractivity contribution < 1.29 is 4.79 Å². The Hall–Kier alpha value is -2.09. The fraction of sp³-hybridized carbons (Fsp3) is 0.133. The van der Waals surface area contributed by atoms with E-state index in [0.29, 0.717) is 0 Å².